The number of likely N-dealkylation sites (tertiary alicyclic amines) is 1. The Bertz CT molecular complexity index is 1230. The Balaban J connectivity index is 1.36. The molecule has 0 radical (unpaired) electrons. The second kappa shape index (κ2) is 8.19. The molecular weight excluding hydrogens is 392 g/mol. The number of carbonyl (C=O) groups is 1. The summed E-state index contributed by atoms with van der Waals surface area (Å²) in [5.74, 6) is 1.29. The normalized spacial score (nSPS) is 14.8. The molecule has 0 bridgehead atoms. The number of nitrogens with zero attached hydrogens (tertiary/aromatic N) is 4. The number of carbonyl (C=O) groups excluding carboxylic acids is 1. The summed E-state index contributed by atoms with van der Waals surface area (Å²) >= 11 is 0. The molecule has 0 unspecified atom stereocenters. The minimum absolute atomic E-state index is 0.00517. The summed E-state index contributed by atoms with van der Waals surface area (Å²) in [6, 6.07) is 12.1. The highest BCUT2D eigenvalue weighted by Gasteiger charge is 2.23. The van der Waals surface area contributed by atoms with Crippen LogP contribution in [0.3, 0.4) is 0 Å². The van der Waals surface area contributed by atoms with E-state index in [-0.39, 0.29) is 18.5 Å². The van der Waals surface area contributed by atoms with Gasteiger partial charge in [0, 0.05) is 42.6 Å². The lowest BCUT2D eigenvalue weighted by Crippen LogP contribution is -2.44. The summed E-state index contributed by atoms with van der Waals surface area (Å²) in [5.41, 5.74) is 8.08. The molecule has 9 nitrogen and oxygen atoms in total. The lowest BCUT2D eigenvalue weighted by Gasteiger charge is -2.32. The van der Waals surface area contributed by atoms with Crippen LogP contribution in [0.15, 0.2) is 48.8 Å². The molecule has 5 rings (SSSR count). The molecule has 31 heavy (non-hydrogen) atoms. The Hall–Kier alpha value is -3.72. The van der Waals surface area contributed by atoms with Crippen LogP contribution >= 0.6 is 0 Å². The van der Waals surface area contributed by atoms with Gasteiger partial charge in [0.05, 0.1) is 17.4 Å². The molecule has 0 atom stereocenters. The number of anilines is 3. The highest BCUT2D eigenvalue weighted by Crippen LogP contribution is 2.26. The van der Waals surface area contributed by atoms with Crippen molar-refractivity contribution in [2.45, 2.75) is 18.9 Å². The third kappa shape index (κ3) is 3.99. The first-order valence-corrected chi connectivity index (χ1v) is 10.4. The number of nitrogens with two attached hydrogens (primary N) is 1. The van der Waals surface area contributed by atoms with Crippen molar-refractivity contribution in [1.29, 1.82) is 0 Å². The molecule has 1 saturated heterocycles. The Kier molecular flexibility index (Phi) is 5.09. The van der Waals surface area contributed by atoms with Gasteiger partial charge in [-0.15, -0.1) is 0 Å². The zero-order chi connectivity index (χ0) is 21.2. The maximum Gasteiger partial charge on any atom is 0.236 e. The monoisotopic (exact) mass is 416 g/mol. The van der Waals surface area contributed by atoms with Gasteiger partial charge in [-0.3, -0.25) is 9.78 Å². The lowest BCUT2D eigenvalue weighted by molar-refractivity contribution is -0.130. The molecule has 0 aliphatic carbocycles. The van der Waals surface area contributed by atoms with Gasteiger partial charge in [-0.2, -0.15) is 9.97 Å². The topological polar surface area (TPSA) is 125 Å². The first-order valence-electron chi connectivity index (χ1n) is 10.4. The van der Waals surface area contributed by atoms with E-state index >= 15 is 0 Å². The number of aromatic amines is 1. The zero-order valence-electron chi connectivity index (χ0n) is 17.0. The van der Waals surface area contributed by atoms with Crippen LogP contribution in [0.5, 0.6) is 0 Å². The number of piperidine rings is 1. The molecule has 4 heterocycles. The van der Waals surface area contributed by atoms with Crippen LogP contribution in [0, 0.1) is 0 Å². The Morgan fingerprint density at radius 3 is 2.90 bits per heavy atom. The number of H-pyrrole nitrogens is 1. The highest BCUT2D eigenvalue weighted by atomic mass is 16.2. The number of hydrogen-bond donors (Lipinski definition) is 4. The fourth-order valence-electron chi connectivity index (χ4n) is 3.99. The fourth-order valence-corrected chi connectivity index (χ4v) is 3.99. The summed E-state index contributed by atoms with van der Waals surface area (Å²) < 4.78 is 0. The first kappa shape index (κ1) is 19.3. The molecule has 1 fully saturated rings. The number of nitrogens with one attached hydrogen (secondary N) is 3. The number of benzene rings is 1. The standard InChI is InChI=1S/C22H24N8O/c23-13-19(31)30-10-6-15(7-11-30)26-21-17-5-9-25-20(17)28-22(29-21)27-16-3-4-18-14(12-16)2-1-8-24-18/h1-5,8-9,12,15H,6-7,10-11,13,23H2,(H3,25,26,27,28,29). The number of hydrogen-bond acceptors (Lipinski definition) is 7. The predicted octanol–water partition coefficient (Wildman–Crippen LogP) is 2.61. The summed E-state index contributed by atoms with van der Waals surface area (Å²) in [6.45, 7) is 1.46. The summed E-state index contributed by atoms with van der Waals surface area (Å²) in [6.07, 6.45) is 5.34. The van der Waals surface area contributed by atoms with Gasteiger partial charge in [0.15, 0.2) is 0 Å². The summed E-state index contributed by atoms with van der Waals surface area (Å²) in [5, 5.41) is 8.85. The van der Waals surface area contributed by atoms with Crippen molar-refractivity contribution in [2.24, 2.45) is 5.73 Å². The molecule has 9 heteroatoms. The molecule has 3 aromatic heterocycles. The fraction of sp³-hybridized carbons (Fsp3) is 0.273. The minimum atomic E-state index is 0.00517. The quantitative estimate of drug-likeness (QED) is 0.394. The van der Waals surface area contributed by atoms with Crippen molar-refractivity contribution >= 4 is 45.3 Å². The van der Waals surface area contributed by atoms with Gasteiger partial charge < -0.3 is 26.3 Å². The molecule has 158 valence electrons. The van der Waals surface area contributed by atoms with E-state index in [1.807, 2.05) is 47.5 Å². The number of pyridine rings is 1. The van der Waals surface area contributed by atoms with E-state index in [1.165, 1.54) is 0 Å². The van der Waals surface area contributed by atoms with Crippen molar-refractivity contribution in [3.63, 3.8) is 0 Å². The number of rotatable bonds is 5. The lowest BCUT2D eigenvalue weighted by atomic mass is 10.0. The average molecular weight is 416 g/mol. The minimum Gasteiger partial charge on any atom is -0.366 e. The van der Waals surface area contributed by atoms with E-state index in [0.29, 0.717) is 19.0 Å². The zero-order valence-corrected chi connectivity index (χ0v) is 17.0. The molecule has 1 aliphatic heterocycles. The van der Waals surface area contributed by atoms with E-state index < -0.39 is 0 Å². The number of amides is 1. The number of fused-ring (bicyclic) bond motifs is 2. The van der Waals surface area contributed by atoms with Crippen LogP contribution in [0.1, 0.15) is 12.8 Å². The van der Waals surface area contributed by atoms with Crippen LogP contribution in [0.2, 0.25) is 0 Å². The summed E-state index contributed by atoms with van der Waals surface area (Å²) in [4.78, 5) is 30.5. The molecule has 1 aromatic carbocycles. The summed E-state index contributed by atoms with van der Waals surface area (Å²) in [7, 11) is 0. The van der Waals surface area contributed by atoms with Crippen LogP contribution in [0.4, 0.5) is 17.5 Å². The predicted molar refractivity (Wildman–Crippen MR) is 121 cm³/mol. The van der Waals surface area contributed by atoms with Crippen molar-refractivity contribution < 1.29 is 4.79 Å². The van der Waals surface area contributed by atoms with Gasteiger partial charge >= 0.3 is 0 Å². The van der Waals surface area contributed by atoms with Crippen molar-refractivity contribution in [2.75, 3.05) is 30.3 Å². The molecule has 1 aliphatic rings. The maximum atomic E-state index is 11.8. The number of aromatic nitrogens is 4. The van der Waals surface area contributed by atoms with Gasteiger partial charge in [0.2, 0.25) is 11.9 Å². The Morgan fingerprint density at radius 2 is 2.06 bits per heavy atom. The van der Waals surface area contributed by atoms with E-state index in [2.05, 4.69) is 25.6 Å². The smallest absolute Gasteiger partial charge is 0.236 e. The van der Waals surface area contributed by atoms with Crippen LogP contribution in [0.25, 0.3) is 21.9 Å². The molecule has 5 N–H and O–H groups in total. The molecular formula is C22H24N8O. The molecule has 4 aromatic rings. The van der Waals surface area contributed by atoms with Gasteiger partial charge in [-0.1, -0.05) is 6.07 Å². The largest absolute Gasteiger partial charge is 0.366 e. The first-order chi connectivity index (χ1) is 15.2. The molecule has 1 amide bonds. The van der Waals surface area contributed by atoms with Gasteiger partial charge in [0.25, 0.3) is 0 Å². The second-order valence-electron chi connectivity index (χ2n) is 7.68. The van der Waals surface area contributed by atoms with E-state index in [4.69, 9.17) is 10.7 Å². The average Bonchev–Trinajstić information content (AvgIpc) is 3.28. The van der Waals surface area contributed by atoms with Crippen LogP contribution in [-0.2, 0) is 4.79 Å². The highest BCUT2D eigenvalue weighted by molar-refractivity contribution is 5.89. The third-order valence-electron chi connectivity index (χ3n) is 5.64. The third-order valence-corrected chi connectivity index (χ3v) is 5.64. The van der Waals surface area contributed by atoms with Gasteiger partial charge in [0.1, 0.15) is 11.5 Å². The van der Waals surface area contributed by atoms with E-state index in [1.54, 1.807) is 6.20 Å². The molecule has 0 spiro atoms. The van der Waals surface area contributed by atoms with Crippen molar-refractivity contribution in [1.82, 2.24) is 24.8 Å². The SMILES string of the molecule is NCC(=O)N1CCC(Nc2nc(Nc3ccc4ncccc4c3)nc3[nH]ccc23)CC1. The van der Waals surface area contributed by atoms with Crippen molar-refractivity contribution in [3.8, 4) is 0 Å². The van der Waals surface area contributed by atoms with Crippen LogP contribution < -0.4 is 16.4 Å². The molecule has 0 saturated carbocycles. The van der Waals surface area contributed by atoms with E-state index in [9.17, 15) is 4.79 Å². The second-order valence-corrected chi connectivity index (χ2v) is 7.68. The van der Waals surface area contributed by atoms with Gasteiger partial charge in [-0.25, -0.2) is 0 Å². The van der Waals surface area contributed by atoms with Crippen molar-refractivity contribution in [3.05, 3.63) is 48.8 Å². The van der Waals surface area contributed by atoms with Gasteiger partial charge in [-0.05, 0) is 43.2 Å². The Labute approximate surface area is 179 Å². The van der Waals surface area contributed by atoms with E-state index in [0.717, 1.165) is 46.3 Å². The van der Waals surface area contributed by atoms with Crippen LogP contribution in [-0.4, -0.2) is 56.4 Å². The Morgan fingerprint density at radius 1 is 1.19 bits per heavy atom. The maximum absolute atomic E-state index is 11.8.